The van der Waals surface area contributed by atoms with E-state index in [1.165, 1.54) is 29.2 Å². The summed E-state index contributed by atoms with van der Waals surface area (Å²) in [7, 11) is 0. The number of aromatic nitrogens is 6. The first kappa shape index (κ1) is 40.6. The van der Waals surface area contributed by atoms with E-state index >= 15 is 0 Å². The number of rotatable bonds is 6. The molecule has 0 atom stereocenters. The molecule has 11 nitrogen and oxygen atoms in total. The Morgan fingerprint density at radius 1 is 0.525 bits per heavy atom. The number of benzene rings is 3. The summed E-state index contributed by atoms with van der Waals surface area (Å²) in [6, 6.07) is 42.6. The van der Waals surface area contributed by atoms with Crippen molar-refractivity contribution in [3.63, 3.8) is 0 Å². The molecule has 0 radical (unpaired) electrons. The normalized spacial score (nSPS) is 10.3. The van der Waals surface area contributed by atoms with E-state index in [2.05, 4.69) is 77.3 Å². The van der Waals surface area contributed by atoms with Crippen LogP contribution in [0.4, 0.5) is 5.69 Å². The molecule has 59 heavy (non-hydrogen) atoms. The van der Waals surface area contributed by atoms with E-state index in [0.29, 0.717) is 24.2 Å². The number of hydrogen-bond donors (Lipinski definition) is 2. The fourth-order valence-electron chi connectivity index (χ4n) is 6.86. The first-order valence-electron chi connectivity index (χ1n) is 18.8. The number of imidazole rings is 3. The van der Waals surface area contributed by atoms with E-state index in [9.17, 15) is 5.11 Å². The molecule has 6 aromatic heterocycles. The average molecular weight is 775 g/mol. The molecule has 11 heteroatoms. The Kier molecular flexibility index (Phi) is 13.2. The van der Waals surface area contributed by atoms with Crippen molar-refractivity contribution in [1.82, 2.24) is 28.2 Å². The van der Waals surface area contributed by atoms with Crippen LogP contribution in [0.25, 0.3) is 50.3 Å². The van der Waals surface area contributed by atoms with Gasteiger partial charge >= 0.3 is 0 Å². The smallest absolute Gasteiger partial charge is 0.160 e. The number of aryl methyl sites for hydroxylation is 2. The van der Waals surface area contributed by atoms with Crippen LogP contribution in [0.15, 0.2) is 146 Å². The minimum atomic E-state index is 0.00525. The Morgan fingerprint density at radius 2 is 0.864 bits per heavy atom. The van der Waals surface area contributed by atoms with E-state index < -0.39 is 0 Å². The Bertz CT molecular complexity index is 2810. The lowest BCUT2D eigenvalue weighted by molar-refractivity contribution is 0.276. The maximum atomic E-state index is 9.24. The second-order valence-corrected chi connectivity index (χ2v) is 13.3. The molecule has 6 heterocycles. The van der Waals surface area contributed by atoms with Crippen molar-refractivity contribution in [3.8, 4) is 51.6 Å². The molecule has 0 unspecified atom stereocenters. The Balaban J connectivity index is 0.000000144. The molecule has 9 rings (SSSR count). The zero-order valence-electron chi connectivity index (χ0n) is 33.0. The summed E-state index contributed by atoms with van der Waals surface area (Å²) >= 11 is 0. The van der Waals surface area contributed by atoms with Crippen LogP contribution in [0.5, 0.6) is 0 Å². The summed E-state index contributed by atoms with van der Waals surface area (Å²) in [6.07, 6.45) is 11.8. The van der Waals surface area contributed by atoms with E-state index in [0.717, 1.165) is 50.6 Å². The highest BCUT2D eigenvalue weighted by atomic mass is 16.3. The minimum Gasteiger partial charge on any atom is -0.395 e. The Morgan fingerprint density at radius 3 is 1.27 bits per heavy atom. The molecule has 290 valence electrons. The molecule has 0 aliphatic heterocycles. The van der Waals surface area contributed by atoms with E-state index in [-0.39, 0.29) is 6.61 Å². The van der Waals surface area contributed by atoms with Gasteiger partial charge < -0.3 is 24.0 Å². The third kappa shape index (κ3) is 8.85. The van der Waals surface area contributed by atoms with E-state index in [4.69, 9.17) is 21.5 Å². The fraction of sp³-hybridized carbons (Fsp3) is 0.125. The quantitative estimate of drug-likeness (QED) is 0.168. The minimum absolute atomic E-state index is 0.00525. The molecular formula is C48H42N10O. The van der Waals surface area contributed by atoms with Gasteiger partial charge in [0.15, 0.2) is 5.65 Å². The number of anilines is 1. The van der Waals surface area contributed by atoms with Crippen LogP contribution >= 0.6 is 0 Å². The zero-order valence-corrected chi connectivity index (χ0v) is 33.0. The molecule has 0 saturated carbocycles. The summed E-state index contributed by atoms with van der Waals surface area (Å²) in [5.74, 6) is 0. The van der Waals surface area contributed by atoms with Gasteiger partial charge in [-0.15, -0.1) is 0 Å². The van der Waals surface area contributed by atoms with Gasteiger partial charge in [-0.3, -0.25) is 0 Å². The SMILES string of the molecule is CC#N.Cc1c(-c2ccccc2)ccn2c(CC#N)cnc12.Cc1c(-c2ccccc2)ccn2c(CO)cnc12.N#CCc1cnc2c(N)c(-c3ccccc3)ccn12. The number of hydrogen-bond acceptors (Lipinski definition) is 8. The monoisotopic (exact) mass is 774 g/mol. The van der Waals surface area contributed by atoms with Gasteiger partial charge in [0.2, 0.25) is 0 Å². The number of nitriles is 3. The molecule has 0 aliphatic carbocycles. The molecule has 0 aliphatic rings. The molecule has 3 aromatic carbocycles. The highest BCUT2D eigenvalue weighted by Gasteiger charge is 2.12. The number of nitrogens with two attached hydrogens (primary N) is 1. The number of fused-ring (bicyclic) bond motifs is 3. The van der Waals surface area contributed by atoms with Crippen molar-refractivity contribution < 1.29 is 5.11 Å². The van der Waals surface area contributed by atoms with Crippen molar-refractivity contribution in [2.45, 2.75) is 40.2 Å². The molecule has 9 aromatic rings. The second kappa shape index (κ2) is 19.2. The fourth-order valence-corrected chi connectivity index (χ4v) is 6.86. The van der Waals surface area contributed by atoms with Gasteiger partial charge in [0, 0.05) is 42.2 Å². The third-order valence-electron chi connectivity index (χ3n) is 9.74. The second-order valence-electron chi connectivity index (χ2n) is 13.3. The van der Waals surface area contributed by atoms with Crippen molar-refractivity contribution in [3.05, 3.63) is 175 Å². The van der Waals surface area contributed by atoms with Gasteiger partial charge in [-0.05, 0) is 59.9 Å². The maximum Gasteiger partial charge on any atom is 0.160 e. The number of pyridine rings is 3. The summed E-state index contributed by atoms with van der Waals surface area (Å²) in [6.45, 7) is 5.57. The molecule has 0 bridgehead atoms. The van der Waals surface area contributed by atoms with Crippen LogP contribution in [0.2, 0.25) is 0 Å². The largest absolute Gasteiger partial charge is 0.395 e. The summed E-state index contributed by atoms with van der Waals surface area (Å²) < 4.78 is 5.79. The number of nitrogen functional groups attached to an aromatic ring is 1. The first-order valence-corrected chi connectivity index (χ1v) is 18.8. The summed E-state index contributed by atoms with van der Waals surface area (Å²) in [4.78, 5) is 13.1. The number of aliphatic hydroxyl groups excluding tert-OH is 1. The lowest BCUT2D eigenvalue weighted by atomic mass is 10.0. The van der Waals surface area contributed by atoms with Gasteiger partial charge in [0.1, 0.15) is 11.3 Å². The third-order valence-corrected chi connectivity index (χ3v) is 9.74. The predicted molar refractivity (Wildman–Crippen MR) is 232 cm³/mol. The van der Waals surface area contributed by atoms with E-state index in [1.807, 2.05) is 105 Å². The zero-order chi connectivity index (χ0) is 41.7. The standard InChI is InChI=1S/C16H13N3.C15H12N4.C15H14N2O.C2H3N/c1-12-15(13-5-3-2-4-6-13)8-10-19-14(7-9-17)11-18-16(12)19;16-8-6-12-10-18-15-14(17)13(7-9-19(12)15)11-4-2-1-3-5-11;1-11-14(12-5-3-2-4-6-12)7-8-17-13(10-18)9-16-15(11)17;1-2-3/h2-6,8,10-11H,7H2,1H3;1-5,7,9-10H,6,17H2;2-9,18H,10H2,1H3;1H3. The van der Waals surface area contributed by atoms with Gasteiger partial charge in [0.25, 0.3) is 0 Å². The molecule has 0 saturated heterocycles. The maximum absolute atomic E-state index is 9.24. The van der Waals surface area contributed by atoms with Crippen LogP contribution in [0.1, 0.15) is 35.1 Å². The van der Waals surface area contributed by atoms with Gasteiger partial charge in [-0.1, -0.05) is 91.0 Å². The lowest BCUT2D eigenvalue weighted by Gasteiger charge is -2.08. The highest BCUT2D eigenvalue weighted by molar-refractivity contribution is 5.85. The predicted octanol–water partition coefficient (Wildman–Crippen LogP) is 9.36. The van der Waals surface area contributed by atoms with Gasteiger partial charge in [-0.25, -0.2) is 15.0 Å². The van der Waals surface area contributed by atoms with Crippen molar-refractivity contribution in [1.29, 1.82) is 15.8 Å². The Hall–Kier alpha value is -8.04. The van der Waals surface area contributed by atoms with Crippen molar-refractivity contribution in [2.24, 2.45) is 0 Å². The van der Waals surface area contributed by atoms with E-state index in [1.54, 1.807) is 24.7 Å². The van der Waals surface area contributed by atoms with Crippen LogP contribution in [0.3, 0.4) is 0 Å². The average Bonchev–Trinajstić information content (AvgIpc) is 4.01. The van der Waals surface area contributed by atoms with Crippen molar-refractivity contribution >= 4 is 22.6 Å². The molecule has 0 fully saturated rings. The van der Waals surface area contributed by atoms with Crippen molar-refractivity contribution in [2.75, 3.05) is 5.73 Å². The van der Waals surface area contributed by atoms with Crippen LogP contribution in [-0.4, -0.2) is 33.3 Å². The molecule has 3 N–H and O–H groups in total. The highest BCUT2D eigenvalue weighted by Crippen LogP contribution is 2.30. The molecule has 0 spiro atoms. The molecule has 0 amide bonds. The van der Waals surface area contributed by atoms with Crippen LogP contribution < -0.4 is 5.73 Å². The number of nitrogens with zero attached hydrogens (tertiary/aromatic N) is 9. The first-order chi connectivity index (χ1) is 28.8. The summed E-state index contributed by atoms with van der Waals surface area (Å²) in [5, 5.41) is 34.1. The molecular weight excluding hydrogens is 733 g/mol. The number of aliphatic hydroxyl groups is 1. The summed E-state index contributed by atoms with van der Waals surface area (Å²) in [5.41, 5.74) is 21.0. The Labute approximate surface area is 342 Å². The van der Waals surface area contributed by atoms with Crippen LogP contribution in [0, 0.1) is 47.8 Å². The van der Waals surface area contributed by atoms with Crippen LogP contribution in [-0.2, 0) is 19.4 Å². The topological polar surface area (TPSA) is 170 Å². The van der Waals surface area contributed by atoms with Gasteiger partial charge in [0.05, 0.1) is 79.0 Å². The lowest BCUT2D eigenvalue weighted by Crippen LogP contribution is -1.98. The van der Waals surface area contributed by atoms with Gasteiger partial charge in [-0.2, -0.15) is 15.8 Å².